The Morgan fingerprint density at radius 2 is 1.90 bits per heavy atom. The first-order valence-electron chi connectivity index (χ1n) is 8.20. The van der Waals surface area contributed by atoms with E-state index in [4.69, 9.17) is 0 Å². The van der Waals surface area contributed by atoms with E-state index in [9.17, 15) is 26.4 Å². The predicted molar refractivity (Wildman–Crippen MR) is 95.8 cm³/mol. The summed E-state index contributed by atoms with van der Waals surface area (Å²) in [6, 6.07) is 1.89. The lowest BCUT2D eigenvalue weighted by molar-refractivity contribution is -0.141. The van der Waals surface area contributed by atoms with Gasteiger partial charge in [0.1, 0.15) is 11.4 Å². The van der Waals surface area contributed by atoms with Crippen molar-refractivity contribution < 1.29 is 31.1 Å². The fourth-order valence-corrected chi connectivity index (χ4v) is 3.75. The van der Waals surface area contributed by atoms with Crippen LogP contribution in [0.2, 0.25) is 0 Å². The molecule has 0 amide bonds. The van der Waals surface area contributed by atoms with Crippen molar-refractivity contribution in [3.8, 4) is 11.5 Å². The highest BCUT2D eigenvalue weighted by Gasteiger charge is 2.33. The second kappa shape index (κ2) is 7.10. The number of aryl methyl sites for hydroxylation is 1. The number of aromatic nitrogens is 4. The van der Waals surface area contributed by atoms with E-state index < -0.39 is 27.7 Å². The molecule has 3 rings (SSSR count). The van der Waals surface area contributed by atoms with Crippen LogP contribution in [-0.2, 0) is 27.8 Å². The van der Waals surface area contributed by atoms with Crippen molar-refractivity contribution in [1.29, 1.82) is 0 Å². The van der Waals surface area contributed by atoms with Crippen molar-refractivity contribution in [3.63, 3.8) is 0 Å². The lowest BCUT2D eigenvalue weighted by Crippen LogP contribution is -2.11. The summed E-state index contributed by atoms with van der Waals surface area (Å²) in [5.41, 5.74) is -1.06. The van der Waals surface area contributed by atoms with Crippen LogP contribution in [0.3, 0.4) is 0 Å². The van der Waals surface area contributed by atoms with Gasteiger partial charge in [-0.25, -0.2) is 23.2 Å². The third-order valence-electron chi connectivity index (χ3n) is 4.26. The number of pyridine rings is 2. The smallest absolute Gasteiger partial charge is 0.433 e. The summed E-state index contributed by atoms with van der Waals surface area (Å²) in [5.74, 6) is -1.04. The zero-order chi connectivity index (χ0) is 21.6. The van der Waals surface area contributed by atoms with Crippen LogP contribution in [0.4, 0.5) is 13.2 Å². The van der Waals surface area contributed by atoms with Gasteiger partial charge in [0, 0.05) is 13.2 Å². The van der Waals surface area contributed by atoms with E-state index in [1.54, 1.807) is 0 Å². The zero-order valence-corrected chi connectivity index (χ0v) is 16.3. The second-order valence-corrected chi connectivity index (χ2v) is 8.26. The van der Waals surface area contributed by atoms with E-state index in [0.29, 0.717) is 0 Å². The molecule has 154 valence electrons. The normalized spacial score (nSPS) is 12.3. The Morgan fingerprint density at radius 3 is 2.48 bits per heavy atom. The first-order valence-corrected chi connectivity index (χ1v) is 9.86. The Kier molecular flexibility index (Phi) is 5.07. The van der Waals surface area contributed by atoms with E-state index in [-0.39, 0.29) is 38.8 Å². The maximum absolute atomic E-state index is 12.9. The molecule has 0 spiro atoms. The molecule has 0 bridgehead atoms. The topological polar surface area (TPSA) is 104 Å². The van der Waals surface area contributed by atoms with Gasteiger partial charge in [-0.2, -0.15) is 13.2 Å². The van der Waals surface area contributed by atoms with Gasteiger partial charge in [-0.15, -0.1) is 0 Å². The third-order valence-corrected chi connectivity index (χ3v) is 6.00. The maximum atomic E-state index is 12.9. The fourth-order valence-electron chi connectivity index (χ4n) is 2.69. The van der Waals surface area contributed by atoms with Crippen LogP contribution in [0.15, 0.2) is 29.4 Å². The number of nitrogens with zero attached hydrogens (tertiary/aromatic N) is 4. The summed E-state index contributed by atoms with van der Waals surface area (Å²) in [6.07, 6.45) is -2.52. The molecule has 0 saturated carbocycles. The molecule has 29 heavy (non-hydrogen) atoms. The number of sulfone groups is 1. The first kappa shape index (κ1) is 20.7. The van der Waals surface area contributed by atoms with Crippen molar-refractivity contribution in [2.24, 2.45) is 7.05 Å². The van der Waals surface area contributed by atoms with E-state index in [2.05, 4.69) is 19.7 Å². The van der Waals surface area contributed by atoms with Gasteiger partial charge in [-0.05, 0) is 12.1 Å². The second-order valence-electron chi connectivity index (χ2n) is 6.02. The van der Waals surface area contributed by atoms with Gasteiger partial charge in [-0.3, -0.25) is 4.98 Å². The predicted octanol–water partition coefficient (Wildman–Crippen LogP) is 2.63. The van der Waals surface area contributed by atoms with Gasteiger partial charge >= 0.3 is 12.1 Å². The summed E-state index contributed by atoms with van der Waals surface area (Å²) in [5, 5.41) is 0. The number of fused-ring (bicyclic) bond motifs is 1. The molecule has 0 aromatic carbocycles. The Balaban J connectivity index is 2.28. The standard InChI is InChI=1S/C17H15F3N4O4S/c1-4-29(26,27)12-5-9(16(25)28-3)7-22-14(12)15-23-10-6-13(17(18,19)20)21-8-11(10)24(15)2/h5-8H,4H2,1-3H3. The molecule has 0 N–H and O–H groups in total. The van der Waals surface area contributed by atoms with Crippen molar-refractivity contribution in [1.82, 2.24) is 19.5 Å². The minimum absolute atomic E-state index is 0.0181. The Labute approximate surface area is 163 Å². The highest BCUT2D eigenvalue weighted by molar-refractivity contribution is 7.91. The van der Waals surface area contributed by atoms with E-state index >= 15 is 0 Å². The molecule has 8 nitrogen and oxygen atoms in total. The van der Waals surface area contributed by atoms with Crippen LogP contribution in [0.5, 0.6) is 0 Å². The molecule has 0 aliphatic heterocycles. The molecule has 3 aromatic rings. The number of carbonyl (C=O) groups is 1. The number of imidazole rings is 1. The Morgan fingerprint density at radius 1 is 1.21 bits per heavy atom. The summed E-state index contributed by atoms with van der Waals surface area (Å²) >= 11 is 0. The number of methoxy groups -OCH3 is 1. The number of esters is 1. The molecular formula is C17H15F3N4O4S. The quantitative estimate of drug-likeness (QED) is 0.589. The number of halogens is 3. The van der Waals surface area contributed by atoms with Crippen LogP contribution in [0.1, 0.15) is 23.0 Å². The largest absolute Gasteiger partial charge is 0.465 e. The van der Waals surface area contributed by atoms with Crippen LogP contribution < -0.4 is 0 Å². The third kappa shape index (κ3) is 3.67. The summed E-state index contributed by atoms with van der Waals surface area (Å²) in [7, 11) is -1.21. The van der Waals surface area contributed by atoms with Crippen molar-refractivity contribution >= 4 is 26.8 Å². The van der Waals surface area contributed by atoms with Crippen molar-refractivity contribution in [2.45, 2.75) is 18.0 Å². The van der Waals surface area contributed by atoms with Gasteiger partial charge in [0.2, 0.25) is 0 Å². The highest BCUT2D eigenvalue weighted by Crippen LogP contribution is 2.32. The van der Waals surface area contributed by atoms with Gasteiger partial charge in [0.15, 0.2) is 15.7 Å². The molecule has 0 fully saturated rings. The van der Waals surface area contributed by atoms with Crippen molar-refractivity contribution in [2.75, 3.05) is 12.9 Å². The zero-order valence-electron chi connectivity index (χ0n) is 15.5. The molecule has 12 heteroatoms. The van der Waals surface area contributed by atoms with Crippen LogP contribution in [0, 0.1) is 0 Å². The molecule has 3 heterocycles. The Bertz CT molecular complexity index is 1220. The van der Waals surface area contributed by atoms with Crippen LogP contribution in [-0.4, -0.2) is 46.8 Å². The molecule has 0 aliphatic rings. The van der Waals surface area contributed by atoms with Gasteiger partial charge in [0.05, 0.1) is 40.6 Å². The average Bonchev–Trinajstić information content (AvgIpc) is 3.02. The fraction of sp³-hybridized carbons (Fsp3) is 0.294. The number of alkyl halides is 3. The van der Waals surface area contributed by atoms with Gasteiger partial charge in [0.25, 0.3) is 0 Å². The van der Waals surface area contributed by atoms with Gasteiger partial charge in [-0.1, -0.05) is 6.92 Å². The summed E-state index contributed by atoms with van der Waals surface area (Å²) in [4.78, 5) is 23.1. The first-order chi connectivity index (χ1) is 13.5. The van der Waals surface area contributed by atoms with E-state index in [1.165, 1.54) is 18.5 Å². The SMILES string of the molecule is CCS(=O)(=O)c1cc(C(=O)OC)cnc1-c1nc2cc(C(F)(F)F)ncc2n1C. The molecule has 0 unspecified atom stereocenters. The lowest BCUT2D eigenvalue weighted by atomic mass is 10.2. The molecule has 3 aromatic heterocycles. The monoisotopic (exact) mass is 428 g/mol. The van der Waals surface area contributed by atoms with Crippen molar-refractivity contribution in [3.05, 3.63) is 35.8 Å². The van der Waals surface area contributed by atoms with Crippen LogP contribution in [0.25, 0.3) is 22.6 Å². The number of hydrogen-bond donors (Lipinski definition) is 0. The molecule has 0 atom stereocenters. The van der Waals surface area contributed by atoms with Crippen LogP contribution >= 0.6 is 0 Å². The van der Waals surface area contributed by atoms with E-state index in [1.807, 2.05) is 0 Å². The molecule has 0 radical (unpaired) electrons. The highest BCUT2D eigenvalue weighted by atomic mass is 32.2. The Hall–Kier alpha value is -3.02. The number of hydrogen-bond acceptors (Lipinski definition) is 7. The van der Waals surface area contributed by atoms with E-state index in [0.717, 1.165) is 31.6 Å². The molecule has 0 saturated heterocycles. The van der Waals surface area contributed by atoms with Gasteiger partial charge < -0.3 is 9.30 Å². The lowest BCUT2D eigenvalue weighted by Gasteiger charge is -2.10. The minimum Gasteiger partial charge on any atom is -0.465 e. The summed E-state index contributed by atoms with van der Waals surface area (Å²) in [6.45, 7) is 1.42. The maximum Gasteiger partial charge on any atom is 0.433 e. The number of ether oxygens (including phenoxy) is 1. The number of carbonyl (C=O) groups excluding carboxylic acids is 1. The number of rotatable bonds is 4. The summed E-state index contributed by atoms with van der Waals surface area (Å²) < 4.78 is 69.9. The molecular weight excluding hydrogens is 413 g/mol. The minimum atomic E-state index is -4.65. The average molecular weight is 428 g/mol. The molecule has 0 aliphatic carbocycles.